The molecule has 176 valence electrons. The van der Waals surface area contributed by atoms with Crippen LogP contribution in [-0.2, 0) is 14.9 Å². The number of fused-ring (bicyclic) bond motifs is 3. The molecule has 3 fully saturated rings. The molecule has 0 radical (unpaired) electrons. The summed E-state index contributed by atoms with van der Waals surface area (Å²) in [5.74, 6) is -0.728. The summed E-state index contributed by atoms with van der Waals surface area (Å²) in [4.78, 5) is 22.1. The molecule has 1 saturated carbocycles. The van der Waals surface area contributed by atoms with Crippen LogP contribution in [0.25, 0.3) is 11.0 Å². The lowest BCUT2D eigenvalue weighted by Crippen LogP contribution is -2.62. The van der Waals surface area contributed by atoms with Gasteiger partial charge in [-0.3, -0.25) is 4.79 Å². The summed E-state index contributed by atoms with van der Waals surface area (Å²) in [6.45, 7) is 6.22. The second-order valence-corrected chi connectivity index (χ2v) is 10.9. The molecular weight excluding hydrogens is 447 g/mol. The van der Waals surface area contributed by atoms with Gasteiger partial charge in [0.1, 0.15) is 5.65 Å². The van der Waals surface area contributed by atoms with Gasteiger partial charge in [-0.25, -0.2) is 4.98 Å². The zero-order valence-corrected chi connectivity index (χ0v) is 18.9. The molecule has 0 aromatic carbocycles. The van der Waals surface area contributed by atoms with Crippen LogP contribution in [0.3, 0.4) is 0 Å². The zero-order valence-electron chi connectivity index (χ0n) is 18.1. The zero-order chi connectivity index (χ0) is 23.5. The number of hydrogen-bond acceptors (Lipinski definition) is 5. The highest BCUT2D eigenvalue weighted by Crippen LogP contribution is 2.53. The van der Waals surface area contributed by atoms with Crippen molar-refractivity contribution >= 4 is 27.1 Å². The lowest BCUT2D eigenvalue weighted by Gasteiger charge is -2.60. The molecule has 4 heterocycles. The Morgan fingerprint density at radius 3 is 2.69 bits per heavy atom. The number of alkyl halides is 3. The van der Waals surface area contributed by atoms with Crippen molar-refractivity contribution in [2.75, 3.05) is 0 Å². The molecule has 2 bridgehead atoms. The minimum atomic E-state index is -5.80. The first-order valence-electron chi connectivity index (χ1n) is 10.6. The number of aromatic nitrogens is 2. The minimum Gasteiger partial charge on any atom is -0.374 e. The van der Waals surface area contributed by atoms with Crippen LogP contribution in [0.2, 0.25) is 0 Å². The molecule has 5 rings (SSSR count). The predicted octanol–water partition coefficient (Wildman–Crippen LogP) is 4.46. The van der Waals surface area contributed by atoms with E-state index in [0.717, 1.165) is 31.9 Å². The van der Waals surface area contributed by atoms with Gasteiger partial charge in [0.25, 0.3) is 0 Å². The second-order valence-electron chi connectivity index (χ2n) is 9.34. The first-order chi connectivity index (χ1) is 14.8. The number of carbonyl (C=O) groups is 1. The third kappa shape index (κ3) is 3.95. The van der Waals surface area contributed by atoms with E-state index in [9.17, 15) is 26.4 Å². The van der Waals surface area contributed by atoms with Crippen LogP contribution < -0.4 is 4.18 Å². The van der Waals surface area contributed by atoms with Crippen LogP contribution in [0, 0.1) is 5.41 Å². The van der Waals surface area contributed by atoms with Crippen molar-refractivity contribution in [1.82, 2.24) is 14.9 Å². The van der Waals surface area contributed by atoms with Gasteiger partial charge in [-0.2, -0.15) is 21.6 Å². The fourth-order valence-corrected chi connectivity index (χ4v) is 5.70. The monoisotopic (exact) mass is 473 g/mol. The average molecular weight is 474 g/mol. The van der Waals surface area contributed by atoms with E-state index < -0.39 is 21.4 Å². The van der Waals surface area contributed by atoms with Crippen LogP contribution in [0.5, 0.6) is 5.75 Å². The summed E-state index contributed by atoms with van der Waals surface area (Å²) < 4.78 is 64.8. The first kappa shape index (κ1) is 22.9. The maximum absolute atomic E-state index is 13.2. The summed E-state index contributed by atoms with van der Waals surface area (Å²) in [5.41, 5.74) is -4.16. The molecule has 2 saturated heterocycles. The molecule has 3 aliphatic rings. The van der Waals surface area contributed by atoms with Crippen molar-refractivity contribution in [2.45, 2.75) is 76.4 Å². The molecule has 2 unspecified atom stereocenters. The number of hydrogen-bond donors (Lipinski definition) is 1. The van der Waals surface area contributed by atoms with Crippen LogP contribution in [0.4, 0.5) is 13.2 Å². The van der Waals surface area contributed by atoms with Crippen LogP contribution >= 0.6 is 0 Å². The number of aromatic amines is 1. The maximum atomic E-state index is 13.2. The quantitative estimate of drug-likeness (QED) is 0.494. The lowest BCUT2D eigenvalue weighted by molar-refractivity contribution is -0.155. The van der Waals surface area contributed by atoms with Crippen molar-refractivity contribution in [3.05, 3.63) is 24.0 Å². The van der Waals surface area contributed by atoms with Gasteiger partial charge >= 0.3 is 15.6 Å². The summed E-state index contributed by atoms with van der Waals surface area (Å²) in [7, 11) is -5.80. The number of carbonyl (C=O) groups excluding carboxylic acids is 1. The van der Waals surface area contributed by atoms with E-state index in [1.165, 1.54) is 6.07 Å². The third-order valence-electron chi connectivity index (χ3n) is 6.77. The Kier molecular flexibility index (Phi) is 5.46. The molecular formula is C21H26F3N3O4S. The van der Waals surface area contributed by atoms with E-state index in [0.29, 0.717) is 22.0 Å². The van der Waals surface area contributed by atoms with E-state index in [4.69, 9.17) is 0 Å². The molecule has 2 aromatic rings. The van der Waals surface area contributed by atoms with Gasteiger partial charge < -0.3 is 14.1 Å². The van der Waals surface area contributed by atoms with Gasteiger partial charge in [-0.05, 0) is 48.6 Å². The van der Waals surface area contributed by atoms with Crippen molar-refractivity contribution in [3.8, 4) is 5.75 Å². The lowest BCUT2D eigenvalue weighted by atomic mass is 9.59. The molecule has 11 heteroatoms. The summed E-state index contributed by atoms with van der Waals surface area (Å²) in [5, 5.41) is 0.419. The van der Waals surface area contributed by atoms with Crippen molar-refractivity contribution in [3.63, 3.8) is 0 Å². The number of H-pyrrole nitrogens is 1. The molecule has 1 amide bonds. The Labute approximate surface area is 184 Å². The average Bonchev–Trinajstić information content (AvgIpc) is 3.08. The second kappa shape index (κ2) is 7.64. The highest BCUT2D eigenvalue weighted by atomic mass is 32.2. The molecule has 2 atom stereocenters. The van der Waals surface area contributed by atoms with Crippen LogP contribution in [0.1, 0.15) is 64.4 Å². The number of halogens is 3. The molecule has 32 heavy (non-hydrogen) atoms. The Hall–Kier alpha value is -2.30. The molecule has 2 aliphatic heterocycles. The number of piperidine rings is 2. The van der Waals surface area contributed by atoms with E-state index in [-0.39, 0.29) is 30.3 Å². The minimum absolute atomic E-state index is 0.0606. The maximum Gasteiger partial charge on any atom is 0.534 e. The number of nitrogens with one attached hydrogen (secondary N) is 1. The van der Waals surface area contributed by atoms with E-state index in [1.54, 1.807) is 6.20 Å². The van der Waals surface area contributed by atoms with Gasteiger partial charge in [0.05, 0.1) is 6.20 Å². The first-order valence-corrected chi connectivity index (χ1v) is 12.0. The molecule has 1 aliphatic carbocycles. The number of nitrogens with zero attached hydrogens (tertiary/aromatic N) is 2. The SMILES string of the molecule is CCC1CC2(C)CC(C2)N1C(=O)CC(C)c1c[nH]c2ncc(OS(=O)(=O)C(F)(F)F)cc12. The normalized spacial score (nSPS) is 26.6. The van der Waals surface area contributed by atoms with Gasteiger partial charge in [0.15, 0.2) is 5.75 Å². The number of amides is 1. The molecule has 2 aromatic heterocycles. The third-order valence-corrected chi connectivity index (χ3v) is 7.75. The largest absolute Gasteiger partial charge is 0.534 e. The van der Waals surface area contributed by atoms with Gasteiger partial charge in [0, 0.05) is 30.1 Å². The highest BCUT2D eigenvalue weighted by Gasteiger charge is 2.52. The standard InChI is InChI=1S/C21H26F3N3O4S/c1-4-13-7-20(3)8-14(9-20)27(13)18(28)5-12(2)17-11-26-19-16(17)6-15(10-25-19)31-32(29,30)21(22,23)24/h6,10-14H,4-5,7-9H2,1-3H3,(H,25,26). The highest BCUT2D eigenvalue weighted by molar-refractivity contribution is 7.88. The van der Waals surface area contributed by atoms with Gasteiger partial charge in [-0.1, -0.05) is 20.8 Å². The summed E-state index contributed by atoms with van der Waals surface area (Å²) in [6.07, 6.45) is 6.75. The van der Waals surface area contributed by atoms with E-state index in [1.807, 2.05) is 11.8 Å². The molecule has 7 nitrogen and oxygen atoms in total. The van der Waals surface area contributed by atoms with Crippen molar-refractivity contribution in [1.29, 1.82) is 0 Å². The van der Waals surface area contributed by atoms with E-state index in [2.05, 4.69) is 28.0 Å². The van der Waals surface area contributed by atoms with Gasteiger partial charge in [-0.15, -0.1) is 0 Å². The van der Waals surface area contributed by atoms with Crippen molar-refractivity contribution in [2.24, 2.45) is 5.41 Å². The number of rotatable bonds is 6. The Bertz CT molecular complexity index is 1140. The Morgan fingerprint density at radius 2 is 2.06 bits per heavy atom. The summed E-state index contributed by atoms with van der Waals surface area (Å²) >= 11 is 0. The predicted molar refractivity (Wildman–Crippen MR) is 111 cm³/mol. The molecule has 1 N–H and O–H groups in total. The van der Waals surface area contributed by atoms with E-state index >= 15 is 0 Å². The van der Waals surface area contributed by atoms with Gasteiger partial charge in [0.2, 0.25) is 5.91 Å². The topological polar surface area (TPSA) is 92.4 Å². The fourth-order valence-electron chi connectivity index (χ4n) is 5.26. The fraction of sp³-hybridized carbons (Fsp3) is 0.619. The smallest absolute Gasteiger partial charge is 0.374 e. The summed E-state index contributed by atoms with van der Waals surface area (Å²) in [6, 6.07) is 1.70. The van der Waals surface area contributed by atoms with Crippen LogP contribution in [-0.4, -0.2) is 46.8 Å². The van der Waals surface area contributed by atoms with Crippen molar-refractivity contribution < 1.29 is 30.6 Å². The number of pyridine rings is 1. The Morgan fingerprint density at radius 1 is 1.38 bits per heavy atom. The van der Waals surface area contributed by atoms with Crippen LogP contribution in [0.15, 0.2) is 18.5 Å². The molecule has 0 spiro atoms. The Balaban J connectivity index is 1.54.